The highest BCUT2D eigenvalue weighted by atomic mass is 79.9. The Morgan fingerprint density at radius 3 is 2.71 bits per heavy atom. The molecule has 0 aliphatic carbocycles. The summed E-state index contributed by atoms with van der Waals surface area (Å²) in [6.07, 6.45) is 0. The number of rotatable bonds is 8. The zero-order valence-electron chi connectivity index (χ0n) is 15.4. The average molecular weight is 461 g/mol. The molecule has 6 nitrogen and oxygen atoms in total. The molecule has 0 heterocycles. The van der Waals surface area contributed by atoms with Crippen molar-refractivity contribution in [1.82, 2.24) is 10.6 Å². The van der Waals surface area contributed by atoms with Crippen LogP contribution in [0.1, 0.15) is 16.7 Å². The number of hydrogen-bond donors (Lipinski definition) is 3. The number of nitrogens with one attached hydrogen (secondary N) is 3. The van der Waals surface area contributed by atoms with Crippen LogP contribution >= 0.6 is 27.7 Å². The number of halogens is 1. The van der Waals surface area contributed by atoms with Crippen molar-refractivity contribution in [3.05, 3.63) is 63.6 Å². The normalized spacial score (nSPS) is 10.0. The van der Waals surface area contributed by atoms with Gasteiger partial charge in [0.2, 0.25) is 5.91 Å². The fourth-order valence-electron chi connectivity index (χ4n) is 2.36. The number of nitrogens with zero attached hydrogens (tertiary/aromatic N) is 1. The largest absolute Gasteiger partial charge is 0.337 e. The van der Waals surface area contributed by atoms with Gasteiger partial charge in [-0.1, -0.05) is 34.1 Å². The molecule has 2 rings (SSSR count). The molecular weight excluding hydrogens is 440 g/mol. The van der Waals surface area contributed by atoms with E-state index >= 15 is 0 Å². The lowest BCUT2D eigenvalue weighted by atomic mass is 10.1. The summed E-state index contributed by atoms with van der Waals surface area (Å²) in [4.78, 5) is 23.7. The molecular formula is C20H21BrN4O2S. The first-order valence-corrected chi connectivity index (χ1v) is 10.6. The van der Waals surface area contributed by atoms with Crippen molar-refractivity contribution >= 4 is 45.3 Å². The lowest BCUT2D eigenvalue weighted by molar-refractivity contribution is -0.115. The van der Waals surface area contributed by atoms with E-state index in [0.717, 1.165) is 15.6 Å². The third kappa shape index (κ3) is 7.25. The monoisotopic (exact) mass is 460 g/mol. The van der Waals surface area contributed by atoms with Gasteiger partial charge in [0.1, 0.15) is 0 Å². The fourth-order valence-corrected chi connectivity index (χ4v) is 3.70. The lowest BCUT2D eigenvalue weighted by Gasteiger charge is -2.10. The standard InChI is InChI=1S/C20H21BrN4O2S/c1-14-10-17(21)6-7-18(14)25-19(26)12-24-20(27)23-8-9-28-13-16-5-3-2-4-15(16)11-22/h2-7,10H,8-9,12-13H2,1H3,(H,25,26)(H2,23,24,27). The Balaban J connectivity index is 1.62. The first-order chi connectivity index (χ1) is 13.5. The first-order valence-electron chi connectivity index (χ1n) is 8.63. The van der Waals surface area contributed by atoms with E-state index in [1.165, 1.54) is 0 Å². The SMILES string of the molecule is Cc1cc(Br)ccc1NC(=O)CNC(=O)NCCSCc1ccccc1C#N. The second-order valence-corrected chi connectivity index (χ2v) is 7.96. The molecule has 0 spiro atoms. The smallest absolute Gasteiger partial charge is 0.315 e. The Kier molecular flexibility index (Phi) is 8.85. The van der Waals surface area contributed by atoms with Gasteiger partial charge >= 0.3 is 6.03 Å². The number of carbonyl (C=O) groups is 2. The van der Waals surface area contributed by atoms with Crippen LogP contribution in [0.3, 0.4) is 0 Å². The van der Waals surface area contributed by atoms with Crippen LogP contribution in [-0.4, -0.2) is 30.8 Å². The second kappa shape index (κ2) is 11.4. The maximum absolute atomic E-state index is 12.0. The van der Waals surface area contributed by atoms with Gasteiger partial charge in [0.25, 0.3) is 0 Å². The highest BCUT2D eigenvalue weighted by Crippen LogP contribution is 2.19. The van der Waals surface area contributed by atoms with E-state index in [0.29, 0.717) is 29.3 Å². The van der Waals surface area contributed by atoms with Gasteiger partial charge in [-0.3, -0.25) is 4.79 Å². The van der Waals surface area contributed by atoms with E-state index in [1.54, 1.807) is 23.9 Å². The van der Waals surface area contributed by atoms with Crippen LogP contribution in [0, 0.1) is 18.3 Å². The molecule has 0 aromatic heterocycles. The molecule has 146 valence electrons. The van der Waals surface area contributed by atoms with Gasteiger partial charge in [-0.2, -0.15) is 17.0 Å². The summed E-state index contributed by atoms with van der Waals surface area (Å²) < 4.78 is 0.939. The van der Waals surface area contributed by atoms with Crippen molar-refractivity contribution in [2.75, 3.05) is 24.2 Å². The van der Waals surface area contributed by atoms with E-state index < -0.39 is 0 Å². The van der Waals surface area contributed by atoms with Crippen molar-refractivity contribution in [2.45, 2.75) is 12.7 Å². The molecule has 8 heteroatoms. The number of hydrogen-bond acceptors (Lipinski definition) is 4. The summed E-state index contributed by atoms with van der Waals surface area (Å²) in [5, 5.41) is 17.1. The van der Waals surface area contributed by atoms with Crippen LogP contribution in [0.5, 0.6) is 0 Å². The van der Waals surface area contributed by atoms with Gasteiger partial charge in [0.15, 0.2) is 0 Å². The lowest BCUT2D eigenvalue weighted by Crippen LogP contribution is -2.40. The highest BCUT2D eigenvalue weighted by Gasteiger charge is 2.07. The van der Waals surface area contributed by atoms with Crippen molar-refractivity contribution in [3.8, 4) is 6.07 Å². The van der Waals surface area contributed by atoms with Gasteiger partial charge in [-0.15, -0.1) is 0 Å². The van der Waals surface area contributed by atoms with E-state index in [9.17, 15) is 9.59 Å². The van der Waals surface area contributed by atoms with Gasteiger partial charge < -0.3 is 16.0 Å². The van der Waals surface area contributed by atoms with Gasteiger partial charge in [-0.25, -0.2) is 4.79 Å². The fraction of sp³-hybridized carbons (Fsp3) is 0.250. The predicted molar refractivity (Wildman–Crippen MR) is 116 cm³/mol. The Morgan fingerprint density at radius 1 is 1.18 bits per heavy atom. The molecule has 0 aliphatic rings. The number of thioether (sulfide) groups is 1. The van der Waals surface area contributed by atoms with Crippen LogP contribution in [0.15, 0.2) is 46.9 Å². The summed E-state index contributed by atoms with van der Waals surface area (Å²) in [5.41, 5.74) is 3.30. The summed E-state index contributed by atoms with van der Waals surface area (Å²) in [7, 11) is 0. The maximum Gasteiger partial charge on any atom is 0.315 e. The Hall–Kier alpha value is -2.50. The van der Waals surface area contributed by atoms with E-state index in [1.807, 2.05) is 37.3 Å². The van der Waals surface area contributed by atoms with Crippen LogP contribution in [-0.2, 0) is 10.5 Å². The summed E-state index contributed by atoms with van der Waals surface area (Å²) in [5.74, 6) is 1.13. The molecule has 3 amide bonds. The molecule has 2 aromatic carbocycles. The quantitative estimate of drug-likeness (QED) is 0.522. The topological polar surface area (TPSA) is 94.0 Å². The van der Waals surface area contributed by atoms with E-state index in [-0.39, 0.29) is 18.5 Å². The average Bonchev–Trinajstić information content (AvgIpc) is 2.68. The van der Waals surface area contributed by atoms with Gasteiger partial charge in [0.05, 0.1) is 18.2 Å². The van der Waals surface area contributed by atoms with Crippen molar-refractivity contribution in [1.29, 1.82) is 5.26 Å². The van der Waals surface area contributed by atoms with E-state index in [2.05, 4.69) is 37.9 Å². The highest BCUT2D eigenvalue weighted by molar-refractivity contribution is 9.10. The third-order valence-corrected chi connectivity index (χ3v) is 5.30. The Morgan fingerprint density at radius 2 is 1.96 bits per heavy atom. The van der Waals surface area contributed by atoms with Crippen molar-refractivity contribution < 1.29 is 9.59 Å². The zero-order chi connectivity index (χ0) is 20.4. The van der Waals surface area contributed by atoms with Crippen molar-refractivity contribution in [2.24, 2.45) is 0 Å². The summed E-state index contributed by atoms with van der Waals surface area (Å²) >= 11 is 5.00. The number of aryl methyl sites for hydroxylation is 1. The van der Waals surface area contributed by atoms with E-state index in [4.69, 9.17) is 5.26 Å². The molecule has 28 heavy (non-hydrogen) atoms. The van der Waals surface area contributed by atoms with Gasteiger partial charge in [-0.05, 0) is 42.3 Å². The molecule has 0 unspecified atom stereocenters. The number of urea groups is 1. The van der Waals surface area contributed by atoms with Crippen molar-refractivity contribution in [3.63, 3.8) is 0 Å². The van der Waals surface area contributed by atoms with Crippen LogP contribution in [0.2, 0.25) is 0 Å². The Bertz CT molecular complexity index is 883. The minimum atomic E-state index is -0.388. The molecule has 0 saturated heterocycles. The second-order valence-electron chi connectivity index (χ2n) is 5.94. The molecule has 0 fully saturated rings. The molecule has 0 radical (unpaired) electrons. The summed E-state index contributed by atoms with van der Waals surface area (Å²) in [6, 6.07) is 14.8. The molecule has 0 saturated carbocycles. The predicted octanol–water partition coefficient (Wildman–Crippen LogP) is 3.80. The minimum Gasteiger partial charge on any atom is -0.337 e. The number of carbonyl (C=O) groups excluding carboxylic acids is 2. The van der Waals surface area contributed by atoms with Crippen LogP contribution in [0.4, 0.5) is 10.5 Å². The maximum atomic E-state index is 12.0. The molecule has 2 aromatic rings. The summed E-state index contributed by atoms with van der Waals surface area (Å²) in [6.45, 7) is 2.26. The number of nitriles is 1. The third-order valence-electron chi connectivity index (χ3n) is 3.80. The number of anilines is 1. The molecule has 0 bridgehead atoms. The molecule has 0 aliphatic heterocycles. The van der Waals surface area contributed by atoms with Gasteiger partial charge in [0, 0.05) is 28.2 Å². The first kappa shape index (κ1) is 21.8. The van der Waals surface area contributed by atoms with Crippen LogP contribution < -0.4 is 16.0 Å². The minimum absolute atomic E-state index is 0.107. The number of amides is 3. The molecule has 0 atom stereocenters. The number of benzene rings is 2. The zero-order valence-corrected chi connectivity index (χ0v) is 17.8. The molecule has 3 N–H and O–H groups in total. The van der Waals surface area contributed by atoms with Crippen LogP contribution in [0.25, 0.3) is 0 Å². The Labute approximate surface area is 177 Å².